The van der Waals surface area contributed by atoms with E-state index < -0.39 is 0 Å². The zero-order valence-electron chi connectivity index (χ0n) is 7.95. The number of ether oxygens (including phenoxy) is 1. The predicted molar refractivity (Wildman–Crippen MR) is 54.2 cm³/mol. The number of alkyl halides is 1. The molecule has 0 aliphatic carbocycles. The maximum Gasteiger partial charge on any atom is 0.128 e. The standard InChI is InChI=1S/C10H13ClN2O/c11-6-9-1-3-12-10(13-9)5-8-2-4-14-7-8/h1,3,8H,2,4-7H2. The molecule has 1 aliphatic rings. The van der Waals surface area contributed by atoms with E-state index in [1.807, 2.05) is 6.07 Å². The molecule has 0 N–H and O–H groups in total. The van der Waals surface area contributed by atoms with Gasteiger partial charge in [0.25, 0.3) is 0 Å². The molecule has 1 aromatic rings. The highest BCUT2D eigenvalue weighted by Gasteiger charge is 2.17. The Labute approximate surface area is 88.5 Å². The number of hydrogen-bond acceptors (Lipinski definition) is 3. The molecule has 2 rings (SSSR count). The summed E-state index contributed by atoms with van der Waals surface area (Å²) in [5.74, 6) is 1.93. The molecule has 3 nitrogen and oxygen atoms in total. The average molecular weight is 213 g/mol. The van der Waals surface area contributed by atoms with Crippen LogP contribution < -0.4 is 0 Å². The van der Waals surface area contributed by atoms with Gasteiger partial charge in [-0.15, -0.1) is 11.6 Å². The highest BCUT2D eigenvalue weighted by molar-refractivity contribution is 6.16. The zero-order valence-corrected chi connectivity index (χ0v) is 8.70. The first-order valence-corrected chi connectivity index (χ1v) is 5.36. The van der Waals surface area contributed by atoms with E-state index in [2.05, 4.69) is 9.97 Å². The van der Waals surface area contributed by atoms with Gasteiger partial charge < -0.3 is 4.74 Å². The number of rotatable bonds is 3. The van der Waals surface area contributed by atoms with Crippen LogP contribution >= 0.6 is 11.6 Å². The van der Waals surface area contributed by atoms with Gasteiger partial charge in [0, 0.05) is 25.8 Å². The largest absolute Gasteiger partial charge is 0.381 e. The Balaban J connectivity index is 2.00. The Hall–Kier alpha value is -0.670. The lowest BCUT2D eigenvalue weighted by Crippen LogP contribution is -2.07. The van der Waals surface area contributed by atoms with E-state index in [0.29, 0.717) is 11.8 Å². The van der Waals surface area contributed by atoms with Crippen LogP contribution in [0.2, 0.25) is 0 Å². The van der Waals surface area contributed by atoms with Crippen LogP contribution in [0, 0.1) is 5.92 Å². The third kappa shape index (κ3) is 2.42. The molecule has 1 unspecified atom stereocenters. The van der Waals surface area contributed by atoms with Crippen LogP contribution in [0.5, 0.6) is 0 Å². The van der Waals surface area contributed by atoms with Crippen LogP contribution in [0.3, 0.4) is 0 Å². The summed E-state index contributed by atoms with van der Waals surface area (Å²) in [6.07, 6.45) is 3.80. The summed E-state index contributed by atoms with van der Waals surface area (Å²) in [7, 11) is 0. The summed E-state index contributed by atoms with van der Waals surface area (Å²) in [4.78, 5) is 8.58. The van der Waals surface area contributed by atoms with Crippen molar-refractivity contribution in [1.29, 1.82) is 0 Å². The van der Waals surface area contributed by atoms with Crippen LogP contribution in [0.25, 0.3) is 0 Å². The van der Waals surface area contributed by atoms with Gasteiger partial charge in [-0.3, -0.25) is 0 Å². The lowest BCUT2D eigenvalue weighted by atomic mass is 10.1. The molecular weight excluding hydrogens is 200 g/mol. The Morgan fingerprint density at radius 2 is 2.50 bits per heavy atom. The van der Waals surface area contributed by atoms with E-state index >= 15 is 0 Å². The molecule has 0 amide bonds. The number of nitrogens with zero attached hydrogens (tertiary/aromatic N) is 2. The molecule has 1 saturated heterocycles. The molecule has 1 atom stereocenters. The second-order valence-electron chi connectivity index (χ2n) is 3.53. The monoisotopic (exact) mass is 212 g/mol. The second-order valence-corrected chi connectivity index (χ2v) is 3.80. The van der Waals surface area contributed by atoms with Crippen molar-refractivity contribution in [2.24, 2.45) is 5.92 Å². The number of halogens is 1. The van der Waals surface area contributed by atoms with Gasteiger partial charge in [0.05, 0.1) is 11.6 Å². The molecule has 0 radical (unpaired) electrons. The van der Waals surface area contributed by atoms with E-state index in [-0.39, 0.29) is 0 Å². The Kier molecular flexibility index (Phi) is 3.32. The van der Waals surface area contributed by atoms with Crippen molar-refractivity contribution in [3.63, 3.8) is 0 Å². The lowest BCUT2D eigenvalue weighted by molar-refractivity contribution is 0.185. The molecule has 0 bridgehead atoms. The van der Waals surface area contributed by atoms with Gasteiger partial charge in [0.2, 0.25) is 0 Å². The van der Waals surface area contributed by atoms with E-state index in [0.717, 1.165) is 37.6 Å². The van der Waals surface area contributed by atoms with E-state index in [9.17, 15) is 0 Å². The lowest BCUT2D eigenvalue weighted by Gasteiger charge is -2.06. The summed E-state index contributed by atoms with van der Waals surface area (Å²) in [6.45, 7) is 1.72. The van der Waals surface area contributed by atoms with Gasteiger partial charge in [-0.05, 0) is 18.4 Å². The predicted octanol–water partition coefficient (Wildman–Crippen LogP) is 1.79. The third-order valence-electron chi connectivity index (χ3n) is 2.40. The molecule has 4 heteroatoms. The Morgan fingerprint density at radius 1 is 1.57 bits per heavy atom. The van der Waals surface area contributed by atoms with Crippen molar-refractivity contribution in [3.8, 4) is 0 Å². The highest BCUT2D eigenvalue weighted by Crippen LogP contribution is 2.16. The zero-order chi connectivity index (χ0) is 9.80. The summed E-state index contributed by atoms with van der Waals surface area (Å²) >= 11 is 5.70. The van der Waals surface area contributed by atoms with Crippen molar-refractivity contribution < 1.29 is 4.74 Å². The SMILES string of the molecule is ClCc1ccnc(CC2CCOC2)n1. The van der Waals surface area contributed by atoms with Gasteiger partial charge in [0.15, 0.2) is 0 Å². The fourth-order valence-electron chi connectivity index (χ4n) is 1.62. The van der Waals surface area contributed by atoms with Gasteiger partial charge in [0.1, 0.15) is 5.82 Å². The number of aromatic nitrogens is 2. The van der Waals surface area contributed by atoms with E-state index in [1.165, 1.54) is 0 Å². The van der Waals surface area contributed by atoms with Gasteiger partial charge in [-0.25, -0.2) is 9.97 Å². The first-order chi connectivity index (χ1) is 6.88. The summed E-state index contributed by atoms with van der Waals surface area (Å²) in [6, 6.07) is 1.85. The molecule has 1 fully saturated rings. The van der Waals surface area contributed by atoms with E-state index in [4.69, 9.17) is 16.3 Å². The molecule has 76 valence electrons. The fraction of sp³-hybridized carbons (Fsp3) is 0.600. The molecule has 2 heterocycles. The maximum atomic E-state index is 5.70. The van der Waals surface area contributed by atoms with Crippen molar-refractivity contribution in [2.75, 3.05) is 13.2 Å². The van der Waals surface area contributed by atoms with Crippen molar-refractivity contribution in [2.45, 2.75) is 18.7 Å². The minimum absolute atomic E-state index is 0.455. The molecule has 0 spiro atoms. The molecular formula is C10H13ClN2O. The van der Waals surface area contributed by atoms with Gasteiger partial charge in [-0.2, -0.15) is 0 Å². The maximum absolute atomic E-state index is 5.70. The molecule has 1 aliphatic heterocycles. The molecule has 0 aromatic carbocycles. The summed E-state index contributed by atoms with van der Waals surface area (Å²) in [5, 5.41) is 0. The van der Waals surface area contributed by atoms with Gasteiger partial charge >= 0.3 is 0 Å². The fourth-order valence-corrected chi connectivity index (χ4v) is 1.77. The molecule has 1 aromatic heterocycles. The van der Waals surface area contributed by atoms with Crippen LogP contribution in [0.15, 0.2) is 12.3 Å². The minimum Gasteiger partial charge on any atom is -0.381 e. The van der Waals surface area contributed by atoms with Crippen LogP contribution in [0.1, 0.15) is 17.9 Å². The quantitative estimate of drug-likeness (QED) is 0.717. The third-order valence-corrected chi connectivity index (χ3v) is 2.67. The molecule has 14 heavy (non-hydrogen) atoms. The normalized spacial score (nSPS) is 21.4. The number of hydrogen-bond donors (Lipinski definition) is 0. The van der Waals surface area contributed by atoms with Crippen molar-refractivity contribution >= 4 is 11.6 Å². The first-order valence-electron chi connectivity index (χ1n) is 4.83. The Morgan fingerprint density at radius 3 is 3.21 bits per heavy atom. The van der Waals surface area contributed by atoms with Gasteiger partial charge in [-0.1, -0.05) is 0 Å². The van der Waals surface area contributed by atoms with Crippen LogP contribution in [0.4, 0.5) is 0 Å². The highest BCUT2D eigenvalue weighted by atomic mass is 35.5. The topological polar surface area (TPSA) is 35.0 Å². The minimum atomic E-state index is 0.455. The van der Waals surface area contributed by atoms with Crippen molar-refractivity contribution in [1.82, 2.24) is 9.97 Å². The molecule has 0 saturated carbocycles. The average Bonchev–Trinajstić information content (AvgIpc) is 2.71. The van der Waals surface area contributed by atoms with Crippen molar-refractivity contribution in [3.05, 3.63) is 23.8 Å². The smallest absolute Gasteiger partial charge is 0.128 e. The first kappa shape index (κ1) is 9.87. The van der Waals surface area contributed by atoms with Crippen LogP contribution in [-0.4, -0.2) is 23.2 Å². The van der Waals surface area contributed by atoms with Crippen LogP contribution in [-0.2, 0) is 17.0 Å². The Bertz CT molecular complexity index is 300. The summed E-state index contributed by atoms with van der Waals surface area (Å²) in [5.41, 5.74) is 0.899. The second kappa shape index (κ2) is 4.71. The summed E-state index contributed by atoms with van der Waals surface area (Å²) < 4.78 is 5.30. The van der Waals surface area contributed by atoms with E-state index in [1.54, 1.807) is 6.20 Å².